The van der Waals surface area contributed by atoms with Gasteiger partial charge in [0.15, 0.2) is 0 Å². The Kier molecular flexibility index (Phi) is 5.44. The van der Waals surface area contributed by atoms with Gasteiger partial charge in [-0.2, -0.15) is 0 Å². The number of hydrogen-bond donors (Lipinski definition) is 2. The van der Waals surface area contributed by atoms with E-state index in [0.29, 0.717) is 12.3 Å². The minimum atomic E-state index is -1.10. The van der Waals surface area contributed by atoms with E-state index < -0.39 is 5.60 Å². The van der Waals surface area contributed by atoms with E-state index in [2.05, 4.69) is 17.9 Å². The van der Waals surface area contributed by atoms with E-state index in [9.17, 15) is 10.2 Å². The number of benzene rings is 3. The van der Waals surface area contributed by atoms with Gasteiger partial charge in [-0.1, -0.05) is 78.4 Å². The summed E-state index contributed by atoms with van der Waals surface area (Å²) in [4.78, 5) is 2.33. The van der Waals surface area contributed by atoms with Crippen LogP contribution >= 0.6 is 0 Å². The first-order valence-electron chi connectivity index (χ1n) is 10.4. The van der Waals surface area contributed by atoms with Gasteiger partial charge in [-0.25, -0.2) is 0 Å². The average Bonchev–Trinajstić information content (AvgIpc) is 3.21. The lowest BCUT2D eigenvalue weighted by Crippen LogP contribution is -2.48. The summed E-state index contributed by atoms with van der Waals surface area (Å²) in [6.45, 7) is 5.53. The van der Waals surface area contributed by atoms with Crippen molar-refractivity contribution >= 4 is 0 Å². The van der Waals surface area contributed by atoms with E-state index in [1.54, 1.807) is 0 Å². The molecule has 150 valence electrons. The van der Waals surface area contributed by atoms with Gasteiger partial charge in [-0.3, -0.25) is 4.90 Å². The van der Waals surface area contributed by atoms with Crippen molar-refractivity contribution in [1.29, 1.82) is 0 Å². The largest absolute Gasteiger partial charge is 0.507 e. The van der Waals surface area contributed by atoms with Crippen LogP contribution in [0, 0.1) is 13.8 Å². The van der Waals surface area contributed by atoms with Gasteiger partial charge in [0.05, 0.1) is 0 Å². The topological polar surface area (TPSA) is 43.7 Å². The quantitative estimate of drug-likeness (QED) is 0.654. The van der Waals surface area contributed by atoms with E-state index in [4.69, 9.17) is 0 Å². The van der Waals surface area contributed by atoms with Crippen LogP contribution in [0.2, 0.25) is 0 Å². The maximum absolute atomic E-state index is 12.2. The predicted octanol–water partition coefficient (Wildman–Crippen LogP) is 4.91. The molecule has 0 aromatic heterocycles. The number of phenols is 1. The molecule has 0 unspecified atom stereocenters. The molecule has 3 aromatic carbocycles. The molecule has 0 radical (unpaired) electrons. The van der Waals surface area contributed by atoms with Gasteiger partial charge in [-0.15, -0.1) is 0 Å². The van der Waals surface area contributed by atoms with Crippen molar-refractivity contribution < 1.29 is 10.2 Å². The summed E-state index contributed by atoms with van der Waals surface area (Å²) < 4.78 is 0. The fourth-order valence-electron chi connectivity index (χ4n) is 4.81. The number of rotatable bonds is 5. The van der Waals surface area contributed by atoms with Crippen molar-refractivity contribution in [2.75, 3.05) is 6.54 Å². The second-order valence-electron chi connectivity index (χ2n) is 8.22. The third-order valence-corrected chi connectivity index (χ3v) is 6.17. The molecule has 1 fully saturated rings. The van der Waals surface area contributed by atoms with Crippen molar-refractivity contribution in [3.8, 4) is 5.75 Å². The number of nitrogens with zero attached hydrogens (tertiary/aromatic N) is 1. The fourth-order valence-corrected chi connectivity index (χ4v) is 4.81. The molecule has 2 N–H and O–H groups in total. The highest BCUT2D eigenvalue weighted by Gasteiger charge is 2.45. The van der Waals surface area contributed by atoms with Crippen LogP contribution in [0.1, 0.15) is 40.7 Å². The summed E-state index contributed by atoms with van der Waals surface area (Å²) in [7, 11) is 0. The van der Waals surface area contributed by atoms with E-state index in [-0.39, 0.29) is 6.04 Å². The highest BCUT2D eigenvalue weighted by molar-refractivity contribution is 5.43. The first-order chi connectivity index (χ1) is 14.0. The van der Waals surface area contributed by atoms with Crippen LogP contribution in [0.4, 0.5) is 0 Å². The summed E-state index contributed by atoms with van der Waals surface area (Å²) >= 11 is 0. The van der Waals surface area contributed by atoms with Gasteiger partial charge in [-0.05, 0) is 49.9 Å². The standard InChI is InChI=1S/C26H29NO2/c1-19-16-20(2)25(28)21(17-19)18-27-15-9-14-24(27)26(29,22-10-5-3-6-11-22)23-12-7-4-8-13-23/h3-8,10-13,16-17,24,28-29H,9,14-15,18H2,1-2H3/t24-/m1/s1. The Balaban J connectivity index is 1.75. The SMILES string of the molecule is Cc1cc(C)c(O)c(CN2CCC[C@@H]2C(O)(c2ccccc2)c2ccccc2)c1. The van der Waals surface area contributed by atoms with Crippen molar-refractivity contribution in [3.63, 3.8) is 0 Å². The zero-order chi connectivity index (χ0) is 20.4. The Hall–Kier alpha value is -2.62. The molecule has 4 rings (SSSR count). The van der Waals surface area contributed by atoms with E-state index in [0.717, 1.165) is 47.2 Å². The van der Waals surface area contributed by atoms with E-state index >= 15 is 0 Å². The van der Waals surface area contributed by atoms with Crippen molar-refractivity contribution in [2.24, 2.45) is 0 Å². The molecule has 0 bridgehead atoms. The first-order valence-corrected chi connectivity index (χ1v) is 10.4. The zero-order valence-corrected chi connectivity index (χ0v) is 17.2. The smallest absolute Gasteiger partial charge is 0.130 e. The Morgan fingerprint density at radius 1 is 0.931 bits per heavy atom. The third-order valence-electron chi connectivity index (χ3n) is 6.17. The molecule has 0 spiro atoms. The molecule has 3 heteroatoms. The van der Waals surface area contributed by atoms with Crippen molar-refractivity contribution in [2.45, 2.75) is 44.9 Å². The first kappa shape index (κ1) is 19.7. The van der Waals surface area contributed by atoms with Crippen LogP contribution in [0.15, 0.2) is 72.8 Å². The molecule has 3 nitrogen and oxygen atoms in total. The molecular weight excluding hydrogens is 358 g/mol. The minimum absolute atomic E-state index is 0.0625. The van der Waals surface area contributed by atoms with Crippen molar-refractivity contribution in [3.05, 3.63) is 101 Å². The Morgan fingerprint density at radius 3 is 2.10 bits per heavy atom. The number of likely N-dealkylation sites (tertiary alicyclic amines) is 1. The molecule has 1 saturated heterocycles. The zero-order valence-electron chi connectivity index (χ0n) is 17.2. The van der Waals surface area contributed by atoms with Crippen LogP contribution in [0.3, 0.4) is 0 Å². The maximum atomic E-state index is 12.2. The van der Waals surface area contributed by atoms with Gasteiger partial charge in [0, 0.05) is 18.2 Å². The van der Waals surface area contributed by atoms with Crippen LogP contribution < -0.4 is 0 Å². The van der Waals surface area contributed by atoms with E-state index in [1.807, 2.05) is 73.7 Å². The number of aryl methyl sites for hydroxylation is 2. The fraction of sp³-hybridized carbons (Fsp3) is 0.308. The molecule has 1 aliphatic rings. The Bertz CT molecular complexity index is 929. The molecule has 0 amide bonds. The van der Waals surface area contributed by atoms with Crippen LogP contribution in [0.25, 0.3) is 0 Å². The monoisotopic (exact) mass is 387 g/mol. The summed E-state index contributed by atoms with van der Waals surface area (Å²) in [6, 6.07) is 23.9. The molecule has 3 aromatic rings. The summed E-state index contributed by atoms with van der Waals surface area (Å²) in [5, 5.41) is 22.8. The third kappa shape index (κ3) is 3.68. The molecule has 1 atom stereocenters. The second-order valence-corrected chi connectivity index (χ2v) is 8.22. The van der Waals surface area contributed by atoms with Gasteiger partial charge >= 0.3 is 0 Å². The molecule has 29 heavy (non-hydrogen) atoms. The summed E-state index contributed by atoms with van der Waals surface area (Å²) in [6.07, 6.45) is 1.93. The van der Waals surface area contributed by atoms with Gasteiger partial charge in [0.2, 0.25) is 0 Å². The normalized spacial score (nSPS) is 17.6. The lowest BCUT2D eigenvalue weighted by molar-refractivity contribution is -0.00673. The number of hydrogen-bond acceptors (Lipinski definition) is 3. The molecule has 1 heterocycles. The number of aliphatic hydroxyl groups is 1. The highest BCUT2D eigenvalue weighted by Crippen LogP contribution is 2.41. The Labute approximate surface area is 173 Å². The van der Waals surface area contributed by atoms with Gasteiger partial charge < -0.3 is 10.2 Å². The van der Waals surface area contributed by atoms with Crippen LogP contribution in [-0.4, -0.2) is 27.7 Å². The van der Waals surface area contributed by atoms with Crippen molar-refractivity contribution in [1.82, 2.24) is 4.90 Å². The number of phenolic OH excluding ortho intramolecular Hbond substituents is 1. The summed E-state index contributed by atoms with van der Waals surface area (Å²) in [5.41, 5.74) is 3.69. The molecule has 1 aliphatic heterocycles. The van der Waals surface area contributed by atoms with Crippen LogP contribution in [-0.2, 0) is 12.1 Å². The Morgan fingerprint density at radius 2 is 1.52 bits per heavy atom. The van der Waals surface area contributed by atoms with E-state index in [1.165, 1.54) is 0 Å². The molecule has 0 aliphatic carbocycles. The minimum Gasteiger partial charge on any atom is -0.507 e. The van der Waals surface area contributed by atoms with Gasteiger partial charge in [0.1, 0.15) is 11.4 Å². The molecular formula is C26H29NO2. The molecule has 0 saturated carbocycles. The second kappa shape index (κ2) is 8.02. The van der Waals surface area contributed by atoms with Crippen LogP contribution in [0.5, 0.6) is 5.75 Å². The maximum Gasteiger partial charge on any atom is 0.130 e. The average molecular weight is 388 g/mol. The van der Waals surface area contributed by atoms with Gasteiger partial charge in [0.25, 0.3) is 0 Å². The predicted molar refractivity (Wildman–Crippen MR) is 117 cm³/mol. The number of aromatic hydroxyl groups is 1. The lowest BCUT2D eigenvalue weighted by atomic mass is 9.79. The summed E-state index contributed by atoms with van der Waals surface area (Å²) in [5.74, 6) is 0.365. The highest BCUT2D eigenvalue weighted by atomic mass is 16.3. The lowest BCUT2D eigenvalue weighted by Gasteiger charge is -2.40.